The molecule has 1 saturated heterocycles. The molecule has 0 aliphatic carbocycles. The number of hydrogen-bond acceptors (Lipinski definition) is 2. The Bertz CT molecular complexity index is 121. The minimum Gasteiger partial charge on any atom is -0.481 e. The Hall–Kier alpha value is -0.610. The molecule has 57 valence electrons. The summed E-state index contributed by atoms with van der Waals surface area (Å²) in [6.07, 6.45) is 2.12. The maximum Gasteiger partial charge on any atom is 0.304 e. The summed E-state index contributed by atoms with van der Waals surface area (Å²) in [6, 6.07) is 0.0613. The van der Waals surface area contributed by atoms with E-state index in [0.717, 1.165) is 19.4 Å². The molecule has 0 amide bonds. The molecule has 0 saturated carbocycles. The molecule has 1 aliphatic heterocycles. The minimum atomic E-state index is -0.755. The van der Waals surface area contributed by atoms with Crippen molar-refractivity contribution >= 4 is 5.97 Å². The van der Waals surface area contributed by atoms with E-state index < -0.39 is 5.97 Å². The third-order valence-corrected chi connectivity index (χ3v) is 1.52. The molecule has 0 aromatic heterocycles. The number of rotatable bonds is 2. The third kappa shape index (κ3) is 2.33. The Morgan fingerprint density at radius 2 is 2.60 bits per heavy atom. The first-order valence-electron chi connectivity index (χ1n) is 3.43. The van der Waals surface area contributed by atoms with Crippen molar-refractivity contribution in [3.05, 3.63) is 0 Å². The Morgan fingerprint density at radius 1 is 1.80 bits per heavy atom. The van der Waals surface area contributed by atoms with Gasteiger partial charge in [0.25, 0.3) is 0 Å². The van der Waals surface area contributed by atoms with Gasteiger partial charge < -0.3 is 5.11 Å². The van der Waals surface area contributed by atoms with Crippen molar-refractivity contribution in [2.24, 2.45) is 0 Å². The Morgan fingerprint density at radius 3 is 3.10 bits per heavy atom. The van der Waals surface area contributed by atoms with Crippen LogP contribution in [0.25, 0.3) is 0 Å². The summed E-state index contributed by atoms with van der Waals surface area (Å²) < 4.78 is 0. The molecule has 10 heavy (non-hydrogen) atoms. The molecule has 1 fully saturated rings. The van der Waals surface area contributed by atoms with E-state index in [1.807, 2.05) is 0 Å². The molecule has 0 bridgehead atoms. The second-order valence-electron chi connectivity index (χ2n) is 2.45. The van der Waals surface area contributed by atoms with Crippen LogP contribution in [0.15, 0.2) is 0 Å². The number of aliphatic carboxylic acids is 1. The lowest BCUT2D eigenvalue weighted by Gasteiger charge is -2.20. The predicted octanol–water partition coefficient (Wildman–Crippen LogP) is -0.267. The van der Waals surface area contributed by atoms with Crippen LogP contribution in [0.3, 0.4) is 0 Å². The van der Waals surface area contributed by atoms with Crippen molar-refractivity contribution in [1.29, 1.82) is 0 Å². The van der Waals surface area contributed by atoms with E-state index in [2.05, 4.69) is 10.9 Å². The van der Waals surface area contributed by atoms with Crippen molar-refractivity contribution < 1.29 is 9.90 Å². The van der Waals surface area contributed by atoms with Gasteiger partial charge in [0.1, 0.15) is 0 Å². The zero-order valence-electron chi connectivity index (χ0n) is 5.71. The van der Waals surface area contributed by atoms with E-state index in [1.165, 1.54) is 0 Å². The van der Waals surface area contributed by atoms with Crippen LogP contribution in [-0.2, 0) is 4.79 Å². The number of hydrogen-bond donors (Lipinski definition) is 2. The smallest absolute Gasteiger partial charge is 0.304 e. The Balaban J connectivity index is 2.19. The van der Waals surface area contributed by atoms with Gasteiger partial charge in [0.05, 0.1) is 6.42 Å². The van der Waals surface area contributed by atoms with Gasteiger partial charge >= 0.3 is 5.97 Å². The molecule has 1 radical (unpaired) electrons. The molecule has 1 heterocycles. The third-order valence-electron chi connectivity index (χ3n) is 1.52. The normalized spacial score (nSPS) is 26.2. The van der Waals surface area contributed by atoms with Crippen LogP contribution in [0.5, 0.6) is 0 Å². The van der Waals surface area contributed by atoms with Crippen molar-refractivity contribution in [3.8, 4) is 0 Å². The van der Waals surface area contributed by atoms with Crippen molar-refractivity contribution in [1.82, 2.24) is 10.9 Å². The molecule has 4 heteroatoms. The van der Waals surface area contributed by atoms with E-state index >= 15 is 0 Å². The SMILES string of the molecule is O=C(O)CC1CCC[N]N1. The first-order valence-corrected chi connectivity index (χ1v) is 3.43. The fraction of sp³-hybridized carbons (Fsp3) is 0.833. The molecule has 1 unspecified atom stereocenters. The zero-order valence-corrected chi connectivity index (χ0v) is 5.71. The molecular weight excluding hydrogens is 132 g/mol. The van der Waals surface area contributed by atoms with Gasteiger partial charge in [-0.05, 0) is 12.8 Å². The monoisotopic (exact) mass is 143 g/mol. The Kier molecular flexibility index (Phi) is 2.65. The van der Waals surface area contributed by atoms with Crippen molar-refractivity contribution in [3.63, 3.8) is 0 Å². The first kappa shape index (κ1) is 7.50. The largest absolute Gasteiger partial charge is 0.481 e. The highest BCUT2D eigenvalue weighted by molar-refractivity contribution is 5.67. The molecule has 2 N–H and O–H groups in total. The minimum absolute atomic E-state index is 0.0613. The average molecular weight is 143 g/mol. The quantitative estimate of drug-likeness (QED) is 0.559. The number of carboxylic acid groups (broad SMARTS) is 1. The molecule has 4 nitrogen and oxygen atoms in total. The van der Waals surface area contributed by atoms with Crippen LogP contribution < -0.4 is 10.9 Å². The molecule has 0 aromatic carbocycles. The fourth-order valence-electron chi connectivity index (χ4n) is 1.03. The summed E-state index contributed by atoms with van der Waals surface area (Å²) in [6.45, 7) is 0.816. The zero-order chi connectivity index (χ0) is 7.40. The van der Waals surface area contributed by atoms with E-state index in [0.29, 0.717) is 0 Å². The summed E-state index contributed by atoms with van der Waals surface area (Å²) in [5.41, 5.74) is 6.69. The van der Waals surface area contributed by atoms with Gasteiger partial charge in [-0.15, -0.1) is 0 Å². The van der Waals surface area contributed by atoms with Crippen molar-refractivity contribution in [2.45, 2.75) is 25.3 Å². The van der Waals surface area contributed by atoms with E-state index in [1.54, 1.807) is 0 Å². The lowest BCUT2D eigenvalue weighted by molar-refractivity contribution is -0.137. The maximum absolute atomic E-state index is 10.2. The number of carbonyl (C=O) groups is 1. The molecule has 0 aromatic rings. The summed E-state index contributed by atoms with van der Waals surface area (Å²) in [7, 11) is 0. The molecule has 0 spiro atoms. The fourth-order valence-corrected chi connectivity index (χ4v) is 1.03. The lowest BCUT2D eigenvalue weighted by atomic mass is 10.1. The van der Waals surface area contributed by atoms with Gasteiger partial charge in [-0.25, -0.2) is 5.43 Å². The number of carboxylic acids is 1. The van der Waals surface area contributed by atoms with Gasteiger partial charge in [0.15, 0.2) is 0 Å². The standard InChI is InChI=1S/C6H11N2O2/c9-6(10)4-5-2-1-3-7-8-5/h5,8H,1-4H2,(H,9,10). The van der Waals surface area contributed by atoms with Crippen LogP contribution in [0.1, 0.15) is 19.3 Å². The second-order valence-corrected chi connectivity index (χ2v) is 2.45. The molecule has 1 aliphatic rings. The molecule has 1 atom stereocenters. The maximum atomic E-state index is 10.2. The van der Waals surface area contributed by atoms with Gasteiger partial charge in [-0.2, -0.15) is 5.43 Å². The van der Waals surface area contributed by atoms with Gasteiger partial charge in [0.2, 0.25) is 0 Å². The second kappa shape index (κ2) is 3.53. The highest BCUT2D eigenvalue weighted by atomic mass is 16.4. The highest BCUT2D eigenvalue weighted by Gasteiger charge is 2.15. The molecular formula is C6H11N2O2. The summed E-state index contributed by atoms with van der Waals surface area (Å²) >= 11 is 0. The number of nitrogens with zero attached hydrogens (tertiary/aromatic N) is 1. The number of nitrogens with one attached hydrogen (secondary N) is 1. The van der Waals surface area contributed by atoms with Crippen LogP contribution in [-0.4, -0.2) is 23.7 Å². The predicted molar refractivity (Wildman–Crippen MR) is 35.4 cm³/mol. The van der Waals surface area contributed by atoms with Crippen molar-refractivity contribution in [2.75, 3.05) is 6.54 Å². The van der Waals surface area contributed by atoms with Gasteiger partial charge in [-0.1, -0.05) is 0 Å². The summed E-state index contributed by atoms with van der Waals surface area (Å²) in [5, 5.41) is 8.38. The van der Waals surface area contributed by atoms with Gasteiger partial charge in [0, 0.05) is 12.6 Å². The summed E-state index contributed by atoms with van der Waals surface area (Å²) in [4.78, 5) is 10.2. The van der Waals surface area contributed by atoms with Gasteiger partial charge in [-0.3, -0.25) is 4.79 Å². The van der Waals surface area contributed by atoms with Crippen LogP contribution >= 0.6 is 0 Å². The Labute approximate surface area is 59.6 Å². The topological polar surface area (TPSA) is 63.4 Å². The lowest BCUT2D eigenvalue weighted by Crippen LogP contribution is -2.41. The summed E-state index contributed by atoms with van der Waals surface area (Å²) in [5.74, 6) is -0.755. The highest BCUT2D eigenvalue weighted by Crippen LogP contribution is 2.04. The van der Waals surface area contributed by atoms with Crippen LogP contribution in [0.4, 0.5) is 0 Å². The van der Waals surface area contributed by atoms with Crippen LogP contribution in [0.2, 0.25) is 0 Å². The van der Waals surface area contributed by atoms with E-state index in [-0.39, 0.29) is 12.5 Å². The van der Waals surface area contributed by atoms with E-state index in [9.17, 15) is 4.79 Å². The van der Waals surface area contributed by atoms with E-state index in [4.69, 9.17) is 5.11 Å². The first-order chi connectivity index (χ1) is 4.79. The average Bonchev–Trinajstić information content (AvgIpc) is 1.88. The molecule has 1 rings (SSSR count). The van der Waals surface area contributed by atoms with Crippen LogP contribution in [0, 0.1) is 0 Å².